The van der Waals surface area contributed by atoms with Gasteiger partial charge in [0.2, 0.25) is 5.88 Å². The van der Waals surface area contributed by atoms with Gasteiger partial charge in [0.1, 0.15) is 5.70 Å². The molecule has 30 heavy (non-hydrogen) atoms. The lowest BCUT2D eigenvalue weighted by Gasteiger charge is -2.15. The fourth-order valence-electron chi connectivity index (χ4n) is 2.51. The molecule has 0 bridgehead atoms. The number of halogens is 5. The number of ether oxygens (including phenoxy) is 1. The van der Waals surface area contributed by atoms with Crippen LogP contribution in [-0.4, -0.2) is 40.0 Å². The Morgan fingerprint density at radius 1 is 1.17 bits per heavy atom. The molecule has 12 heteroatoms. The molecule has 0 atom stereocenters. The van der Waals surface area contributed by atoms with Gasteiger partial charge in [0, 0.05) is 24.0 Å². The second kappa shape index (κ2) is 8.50. The second-order valence-electron chi connectivity index (χ2n) is 5.96. The first-order chi connectivity index (χ1) is 14.1. The van der Waals surface area contributed by atoms with E-state index in [0.29, 0.717) is 6.20 Å². The number of aliphatic hydroxyl groups excluding tert-OH is 1. The molecule has 1 aromatic heterocycles. The van der Waals surface area contributed by atoms with Crippen LogP contribution in [0.1, 0.15) is 5.56 Å². The summed E-state index contributed by atoms with van der Waals surface area (Å²) in [5.41, 5.74) is -0.722. The lowest BCUT2D eigenvalue weighted by atomic mass is 10.2. The van der Waals surface area contributed by atoms with E-state index in [1.165, 1.54) is 12.1 Å². The van der Waals surface area contributed by atoms with E-state index in [-0.39, 0.29) is 46.2 Å². The van der Waals surface area contributed by atoms with E-state index in [2.05, 4.69) is 10.3 Å². The standard InChI is InChI=1S/C18H12Cl2F3N3O4/c19-11-5-10(25-13-7-15(28)26(3-4-27)17(13)29)6-12(20)16(11)30-14-2-1-9(8-24-14)18(21,22)23/h1-2,5-8,25,27H,3-4H2. The molecule has 0 radical (unpaired) electrons. The SMILES string of the molecule is O=C1C=C(Nc2cc(Cl)c(Oc3ccc(C(F)(F)F)cn3)c(Cl)c2)C(=O)N1CCO. The Morgan fingerprint density at radius 3 is 2.37 bits per heavy atom. The fraction of sp³-hybridized carbons (Fsp3) is 0.167. The van der Waals surface area contributed by atoms with Crippen LogP contribution in [0.25, 0.3) is 0 Å². The molecule has 0 fully saturated rings. The molecule has 1 aromatic carbocycles. The highest BCUT2D eigenvalue weighted by molar-refractivity contribution is 6.37. The van der Waals surface area contributed by atoms with Crippen LogP contribution >= 0.6 is 23.2 Å². The Balaban J connectivity index is 1.77. The molecule has 2 aromatic rings. The molecule has 0 saturated heterocycles. The van der Waals surface area contributed by atoms with E-state index in [4.69, 9.17) is 33.0 Å². The maximum atomic E-state index is 12.6. The first-order valence-corrected chi connectivity index (χ1v) is 9.01. The second-order valence-corrected chi connectivity index (χ2v) is 6.77. The van der Waals surface area contributed by atoms with Gasteiger partial charge < -0.3 is 15.2 Å². The van der Waals surface area contributed by atoms with Crippen molar-refractivity contribution in [1.29, 1.82) is 0 Å². The van der Waals surface area contributed by atoms with E-state index in [9.17, 15) is 22.8 Å². The number of β-amino-alcohol motifs (C(OH)–C–C–N with tert-alkyl or cyclic N) is 1. The van der Waals surface area contributed by atoms with Crippen molar-refractivity contribution in [2.45, 2.75) is 6.18 Å². The number of pyridine rings is 1. The number of amides is 2. The summed E-state index contributed by atoms with van der Waals surface area (Å²) in [6.45, 7) is -0.520. The van der Waals surface area contributed by atoms with Crippen molar-refractivity contribution in [3.05, 3.63) is 57.8 Å². The number of aromatic nitrogens is 1. The van der Waals surface area contributed by atoms with Crippen LogP contribution in [0, 0.1) is 0 Å². The van der Waals surface area contributed by atoms with Crippen LogP contribution in [0.5, 0.6) is 11.6 Å². The molecule has 7 nitrogen and oxygen atoms in total. The third kappa shape index (κ3) is 4.66. The number of alkyl halides is 3. The molecule has 0 saturated carbocycles. The van der Waals surface area contributed by atoms with Gasteiger partial charge in [-0.25, -0.2) is 4.98 Å². The Labute approximate surface area is 177 Å². The van der Waals surface area contributed by atoms with Crippen LogP contribution in [0.15, 0.2) is 42.2 Å². The van der Waals surface area contributed by atoms with Crippen molar-refractivity contribution >= 4 is 40.7 Å². The molecule has 1 aliphatic heterocycles. The Hall–Kier alpha value is -2.82. The van der Waals surface area contributed by atoms with Crippen LogP contribution < -0.4 is 10.1 Å². The highest BCUT2D eigenvalue weighted by Crippen LogP contribution is 2.39. The summed E-state index contributed by atoms with van der Waals surface area (Å²) in [5.74, 6) is -1.43. The number of rotatable bonds is 6. The third-order valence-electron chi connectivity index (χ3n) is 3.88. The predicted octanol–water partition coefficient (Wildman–Crippen LogP) is 3.86. The lowest BCUT2D eigenvalue weighted by Crippen LogP contribution is -2.34. The maximum absolute atomic E-state index is 12.6. The summed E-state index contributed by atoms with van der Waals surface area (Å²) in [7, 11) is 0. The van der Waals surface area contributed by atoms with Crippen LogP contribution in [0.3, 0.4) is 0 Å². The first-order valence-electron chi connectivity index (χ1n) is 8.25. The number of nitrogens with one attached hydrogen (secondary N) is 1. The molecule has 2 heterocycles. The third-order valence-corrected chi connectivity index (χ3v) is 4.44. The summed E-state index contributed by atoms with van der Waals surface area (Å²) in [6.07, 6.45) is -2.86. The number of nitrogens with zero attached hydrogens (tertiary/aromatic N) is 2. The normalized spacial score (nSPS) is 14.2. The van der Waals surface area contributed by atoms with Crippen LogP contribution in [0.2, 0.25) is 10.0 Å². The predicted molar refractivity (Wildman–Crippen MR) is 101 cm³/mol. The van der Waals surface area contributed by atoms with E-state index < -0.39 is 23.6 Å². The minimum absolute atomic E-state index is 0.0173. The molecular weight excluding hydrogens is 450 g/mol. The summed E-state index contributed by atoms with van der Waals surface area (Å²) in [5, 5.41) is 11.6. The van der Waals surface area contributed by atoms with Gasteiger partial charge >= 0.3 is 6.18 Å². The largest absolute Gasteiger partial charge is 0.436 e. The molecule has 0 unspecified atom stereocenters. The quantitative estimate of drug-likeness (QED) is 0.634. The highest BCUT2D eigenvalue weighted by Gasteiger charge is 2.32. The van der Waals surface area contributed by atoms with Crippen LogP contribution in [0.4, 0.5) is 18.9 Å². The van der Waals surface area contributed by atoms with Crippen molar-refractivity contribution < 1.29 is 32.6 Å². The van der Waals surface area contributed by atoms with Crippen molar-refractivity contribution in [3.8, 4) is 11.6 Å². The Kier molecular flexibility index (Phi) is 6.20. The number of carbonyl (C=O) groups excluding carboxylic acids is 2. The average Bonchev–Trinajstić information content (AvgIpc) is 2.92. The van der Waals surface area contributed by atoms with Gasteiger partial charge in [0.05, 0.1) is 28.8 Å². The first kappa shape index (κ1) is 21.9. The molecule has 158 valence electrons. The van der Waals surface area contributed by atoms with E-state index in [0.717, 1.165) is 23.1 Å². The van der Waals surface area contributed by atoms with Gasteiger partial charge in [-0.05, 0) is 18.2 Å². The molecule has 1 aliphatic rings. The molecule has 0 spiro atoms. The van der Waals surface area contributed by atoms with E-state index in [1.54, 1.807) is 0 Å². The Morgan fingerprint density at radius 2 is 1.83 bits per heavy atom. The molecule has 0 aliphatic carbocycles. The monoisotopic (exact) mass is 461 g/mol. The maximum Gasteiger partial charge on any atom is 0.417 e. The number of carbonyl (C=O) groups is 2. The molecule has 3 rings (SSSR count). The van der Waals surface area contributed by atoms with Gasteiger partial charge in [0.25, 0.3) is 11.8 Å². The molecular formula is C18H12Cl2F3N3O4. The smallest absolute Gasteiger partial charge is 0.417 e. The van der Waals surface area contributed by atoms with Crippen molar-refractivity contribution in [1.82, 2.24) is 9.88 Å². The van der Waals surface area contributed by atoms with Gasteiger partial charge in [-0.2, -0.15) is 13.2 Å². The number of aliphatic hydroxyl groups is 1. The van der Waals surface area contributed by atoms with Crippen molar-refractivity contribution in [2.24, 2.45) is 0 Å². The zero-order valence-corrected chi connectivity index (χ0v) is 16.3. The summed E-state index contributed by atoms with van der Waals surface area (Å²) in [4.78, 5) is 28.4. The minimum Gasteiger partial charge on any atom is -0.436 e. The number of benzene rings is 1. The minimum atomic E-state index is -4.53. The molecule has 2 amide bonds. The average molecular weight is 462 g/mol. The van der Waals surface area contributed by atoms with Gasteiger partial charge in [-0.3, -0.25) is 14.5 Å². The van der Waals surface area contributed by atoms with Crippen molar-refractivity contribution in [2.75, 3.05) is 18.5 Å². The fourth-order valence-corrected chi connectivity index (χ4v) is 3.07. The summed E-state index contributed by atoms with van der Waals surface area (Å²) < 4.78 is 43.2. The van der Waals surface area contributed by atoms with Gasteiger partial charge in [0.15, 0.2) is 5.75 Å². The summed E-state index contributed by atoms with van der Waals surface area (Å²) in [6, 6.07) is 4.51. The Bertz CT molecular complexity index is 1000. The molecule has 2 N–H and O–H groups in total. The number of hydrogen-bond acceptors (Lipinski definition) is 6. The van der Waals surface area contributed by atoms with Crippen molar-refractivity contribution in [3.63, 3.8) is 0 Å². The van der Waals surface area contributed by atoms with Gasteiger partial charge in [-0.1, -0.05) is 23.2 Å². The van der Waals surface area contributed by atoms with Crippen LogP contribution in [-0.2, 0) is 15.8 Å². The number of imide groups is 1. The topological polar surface area (TPSA) is 91.8 Å². The highest BCUT2D eigenvalue weighted by atomic mass is 35.5. The zero-order chi connectivity index (χ0) is 22.1. The number of anilines is 1. The number of hydrogen-bond donors (Lipinski definition) is 2. The lowest BCUT2D eigenvalue weighted by molar-refractivity contribution is -0.138. The van der Waals surface area contributed by atoms with Gasteiger partial charge in [-0.15, -0.1) is 0 Å². The zero-order valence-electron chi connectivity index (χ0n) is 14.8. The summed E-state index contributed by atoms with van der Waals surface area (Å²) >= 11 is 12.3. The van der Waals surface area contributed by atoms with E-state index in [1.807, 2.05) is 0 Å². The van der Waals surface area contributed by atoms with E-state index >= 15 is 0 Å².